The fourth-order valence-corrected chi connectivity index (χ4v) is 6.05. The van der Waals surface area contributed by atoms with Crippen LogP contribution in [0.15, 0.2) is 53.6 Å². The summed E-state index contributed by atoms with van der Waals surface area (Å²) in [6.07, 6.45) is 1.83. The molecule has 0 saturated carbocycles. The molecule has 0 aliphatic rings. The van der Waals surface area contributed by atoms with Crippen molar-refractivity contribution in [1.29, 1.82) is 0 Å². The van der Waals surface area contributed by atoms with Gasteiger partial charge in [0.1, 0.15) is 17.4 Å². The van der Waals surface area contributed by atoms with Gasteiger partial charge in [0, 0.05) is 21.3 Å². The lowest BCUT2D eigenvalue weighted by Gasteiger charge is -2.25. The highest BCUT2D eigenvalue weighted by atomic mass is 35.5. The van der Waals surface area contributed by atoms with Gasteiger partial charge in [0.05, 0.1) is 23.4 Å². The van der Waals surface area contributed by atoms with E-state index in [9.17, 15) is 8.42 Å². The number of nitrogens with zero attached hydrogens (tertiary/aromatic N) is 3. The van der Waals surface area contributed by atoms with Crippen LogP contribution in [0.2, 0.25) is 35.7 Å². The Balaban J connectivity index is 1.96. The molecule has 3 aromatic rings. The molecule has 0 saturated heterocycles. The first-order valence-electron chi connectivity index (χ1n) is 11.8. The Bertz CT molecular complexity index is 1340. The molecule has 9 nitrogen and oxygen atoms in total. The second kappa shape index (κ2) is 13.1. The van der Waals surface area contributed by atoms with Crippen molar-refractivity contribution in [2.24, 2.45) is 0 Å². The second-order valence-electron chi connectivity index (χ2n) is 9.51. The van der Waals surface area contributed by atoms with Crippen LogP contribution in [0.4, 0.5) is 5.82 Å². The van der Waals surface area contributed by atoms with Crippen LogP contribution in [0.1, 0.15) is 5.56 Å². The molecule has 0 radical (unpaired) electrons. The van der Waals surface area contributed by atoms with Gasteiger partial charge >= 0.3 is 0 Å². The van der Waals surface area contributed by atoms with Crippen LogP contribution in [0.5, 0.6) is 17.5 Å². The highest BCUT2D eigenvalue weighted by Crippen LogP contribution is 2.36. The summed E-state index contributed by atoms with van der Waals surface area (Å²) in [6, 6.07) is 12.3. The van der Waals surface area contributed by atoms with E-state index >= 15 is 0 Å². The molecule has 3 rings (SSSR count). The molecule has 38 heavy (non-hydrogen) atoms. The maximum absolute atomic E-state index is 13.8. The third kappa shape index (κ3) is 7.81. The van der Waals surface area contributed by atoms with E-state index in [1.54, 1.807) is 12.1 Å². The summed E-state index contributed by atoms with van der Waals surface area (Å²) >= 11 is 12.4. The predicted molar refractivity (Wildman–Crippen MR) is 151 cm³/mol. The van der Waals surface area contributed by atoms with Gasteiger partial charge in [-0.25, -0.2) is 17.7 Å². The molecule has 1 N–H and O–H groups in total. The first-order chi connectivity index (χ1) is 18.0. The number of aliphatic hydroxyl groups excluding tert-OH is 1. The van der Waals surface area contributed by atoms with E-state index in [2.05, 4.69) is 29.6 Å². The van der Waals surface area contributed by atoms with Crippen LogP contribution in [-0.2, 0) is 21.2 Å². The van der Waals surface area contributed by atoms with E-state index in [1.165, 1.54) is 31.5 Å². The lowest BCUT2D eigenvalue weighted by Crippen LogP contribution is -2.35. The number of anilines is 1. The Hall–Kier alpha value is -2.41. The van der Waals surface area contributed by atoms with Gasteiger partial charge in [-0.3, -0.25) is 0 Å². The molecule has 0 spiro atoms. The number of ether oxygens (including phenoxy) is 3. The zero-order valence-corrected chi connectivity index (χ0v) is 25.0. The van der Waals surface area contributed by atoms with Crippen LogP contribution in [0.3, 0.4) is 0 Å². The molecular weight excluding hydrogens is 569 g/mol. The Morgan fingerprint density at radius 1 is 1.08 bits per heavy atom. The Morgan fingerprint density at radius 3 is 2.42 bits per heavy atom. The minimum atomic E-state index is -4.28. The average Bonchev–Trinajstić information content (AvgIpc) is 2.86. The van der Waals surface area contributed by atoms with Gasteiger partial charge in [-0.2, -0.15) is 4.98 Å². The first kappa shape index (κ1) is 30.1. The van der Waals surface area contributed by atoms with Gasteiger partial charge in [-0.15, -0.1) is 0 Å². The summed E-state index contributed by atoms with van der Waals surface area (Å²) in [7, 11) is -4.35. The van der Waals surface area contributed by atoms with E-state index in [4.69, 9.17) is 42.5 Å². The van der Waals surface area contributed by atoms with E-state index in [-0.39, 0.29) is 45.9 Å². The molecule has 0 atom stereocenters. The highest BCUT2D eigenvalue weighted by molar-refractivity contribution is 7.93. The van der Waals surface area contributed by atoms with E-state index in [0.29, 0.717) is 18.8 Å². The SMILES string of the molecule is COc1nc(Oc2ccc(CCO)cc2)cnc1N(COCC[Si](C)(C)C)S(=O)(=O)c1cccc(Cl)c1Cl. The van der Waals surface area contributed by atoms with Crippen LogP contribution in [-0.4, -0.2) is 58.6 Å². The van der Waals surface area contributed by atoms with E-state index < -0.39 is 18.1 Å². The van der Waals surface area contributed by atoms with Gasteiger partial charge in [0.25, 0.3) is 15.9 Å². The van der Waals surface area contributed by atoms with Crippen molar-refractivity contribution in [1.82, 2.24) is 9.97 Å². The molecule has 1 aromatic heterocycles. The second-order valence-corrected chi connectivity index (χ2v) is 17.8. The quantitative estimate of drug-likeness (QED) is 0.153. The number of aliphatic hydroxyl groups is 1. The van der Waals surface area contributed by atoms with Crippen molar-refractivity contribution in [3.8, 4) is 17.5 Å². The first-order valence-corrected chi connectivity index (χ1v) is 17.7. The smallest absolute Gasteiger partial charge is 0.269 e. The van der Waals surface area contributed by atoms with Crippen LogP contribution in [0, 0.1) is 0 Å². The van der Waals surface area contributed by atoms with Gasteiger partial charge < -0.3 is 19.3 Å². The number of methoxy groups -OCH3 is 1. The van der Waals surface area contributed by atoms with Crippen molar-refractivity contribution in [3.05, 3.63) is 64.3 Å². The number of rotatable bonds is 13. The largest absolute Gasteiger partial charge is 0.478 e. The molecule has 0 amide bonds. The maximum Gasteiger partial charge on any atom is 0.269 e. The lowest BCUT2D eigenvalue weighted by molar-refractivity contribution is 0.155. The Morgan fingerprint density at radius 2 is 1.79 bits per heavy atom. The van der Waals surface area contributed by atoms with Crippen molar-refractivity contribution in [2.45, 2.75) is 37.0 Å². The molecule has 0 aliphatic heterocycles. The van der Waals surface area contributed by atoms with E-state index in [1.807, 2.05) is 12.1 Å². The number of aromatic nitrogens is 2. The van der Waals surface area contributed by atoms with Gasteiger partial charge in [-0.1, -0.05) is 61.0 Å². The minimum Gasteiger partial charge on any atom is -0.478 e. The topological polar surface area (TPSA) is 111 Å². The number of benzene rings is 2. The molecule has 0 bridgehead atoms. The number of hydrogen-bond acceptors (Lipinski definition) is 8. The van der Waals surface area contributed by atoms with Crippen molar-refractivity contribution in [3.63, 3.8) is 0 Å². The molecule has 206 valence electrons. The summed E-state index contributed by atoms with van der Waals surface area (Å²) in [6.45, 7) is 6.67. The van der Waals surface area contributed by atoms with Gasteiger partial charge in [0.2, 0.25) is 11.7 Å². The summed E-state index contributed by atoms with van der Waals surface area (Å²) in [4.78, 5) is 8.44. The van der Waals surface area contributed by atoms with Crippen LogP contribution < -0.4 is 13.8 Å². The predicted octanol–water partition coefficient (Wildman–Crippen LogP) is 5.63. The Kier molecular flexibility index (Phi) is 10.4. The summed E-state index contributed by atoms with van der Waals surface area (Å²) < 4.78 is 45.5. The molecule has 1 heterocycles. The molecule has 0 aliphatic carbocycles. The lowest BCUT2D eigenvalue weighted by atomic mass is 10.1. The molecule has 0 fully saturated rings. The number of sulfonamides is 1. The Labute approximate surface area is 234 Å². The third-order valence-electron chi connectivity index (χ3n) is 5.37. The fraction of sp³-hybridized carbons (Fsp3) is 0.360. The standard InChI is InChI=1S/C25H31Cl2N3O6SSi/c1-34-25-24(28-16-22(29-25)36-19-10-8-18(9-11-19)12-13-31)30(17-35-14-15-38(2,3)4)37(32,33)21-7-5-6-20(26)23(21)27/h5-11,16,31H,12-15,17H2,1-4H3. The molecule has 0 unspecified atom stereocenters. The maximum atomic E-state index is 13.8. The third-order valence-corrected chi connectivity index (χ3v) is 9.76. The molecule has 2 aromatic carbocycles. The zero-order valence-electron chi connectivity index (χ0n) is 21.6. The molecule has 13 heteroatoms. The van der Waals surface area contributed by atoms with E-state index in [0.717, 1.165) is 15.9 Å². The van der Waals surface area contributed by atoms with Gasteiger partial charge in [0.15, 0.2) is 0 Å². The summed E-state index contributed by atoms with van der Waals surface area (Å²) in [5, 5.41) is 9.07. The van der Waals surface area contributed by atoms with Crippen molar-refractivity contribution >= 4 is 47.1 Å². The summed E-state index contributed by atoms with van der Waals surface area (Å²) in [5.74, 6) is 0.399. The highest BCUT2D eigenvalue weighted by Gasteiger charge is 2.32. The van der Waals surface area contributed by atoms with Crippen LogP contribution in [0.25, 0.3) is 0 Å². The normalized spacial score (nSPS) is 11.9. The van der Waals surface area contributed by atoms with Gasteiger partial charge in [-0.05, 0) is 42.3 Å². The monoisotopic (exact) mass is 599 g/mol. The average molecular weight is 601 g/mol. The number of halogens is 2. The number of hydrogen-bond donors (Lipinski definition) is 1. The zero-order chi connectivity index (χ0) is 27.9. The molecular formula is C25H31Cl2N3O6SSi. The van der Waals surface area contributed by atoms with Crippen molar-refractivity contribution < 1.29 is 27.7 Å². The minimum absolute atomic E-state index is 0.0476. The fourth-order valence-electron chi connectivity index (χ4n) is 3.25. The van der Waals surface area contributed by atoms with Crippen molar-refractivity contribution in [2.75, 3.05) is 31.4 Å². The van der Waals surface area contributed by atoms with Crippen LogP contribution >= 0.6 is 23.2 Å². The summed E-state index contributed by atoms with van der Waals surface area (Å²) in [5.41, 5.74) is 0.952.